The fourth-order valence-corrected chi connectivity index (χ4v) is 2.41. The molecule has 17 heavy (non-hydrogen) atoms. The molecule has 2 rings (SSSR count). The number of Topliss-reactive ketones (excluding diaryl/α,β-unsaturated/α-hetero) is 1. The molecule has 0 saturated carbocycles. The molecule has 0 aliphatic carbocycles. The molecule has 1 aliphatic rings. The van der Waals surface area contributed by atoms with Crippen molar-refractivity contribution in [2.45, 2.75) is 32.1 Å². The highest BCUT2D eigenvalue weighted by Crippen LogP contribution is 2.09. The van der Waals surface area contributed by atoms with E-state index in [9.17, 15) is 4.79 Å². The van der Waals surface area contributed by atoms with Gasteiger partial charge in [0.2, 0.25) is 0 Å². The number of piperidine rings is 1. The predicted octanol–water partition coefficient (Wildman–Crippen LogP) is 2.67. The van der Waals surface area contributed by atoms with Gasteiger partial charge in [0, 0.05) is 6.42 Å². The number of hydrogen-bond donors (Lipinski definition) is 0. The van der Waals surface area contributed by atoms with Crippen LogP contribution in [0.5, 0.6) is 0 Å². The van der Waals surface area contributed by atoms with Crippen LogP contribution >= 0.6 is 0 Å². The lowest BCUT2D eigenvalue weighted by atomic mass is 10.1. The predicted molar refractivity (Wildman–Crippen MR) is 70.1 cm³/mol. The number of carbonyl (C=O) groups excluding carboxylic acids is 1. The van der Waals surface area contributed by atoms with Crippen LogP contribution in [0, 0.1) is 0 Å². The number of rotatable bonds is 5. The third-order valence-electron chi connectivity index (χ3n) is 3.36. The second kappa shape index (κ2) is 6.55. The van der Waals surface area contributed by atoms with Gasteiger partial charge in [-0.25, -0.2) is 0 Å². The van der Waals surface area contributed by atoms with E-state index < -0.39 is 0 Å². The van der Waals surface area contributed by atoms with Crippen molar-refractivity contribution < 1.29 is 4.79 Å². The number of benzene rings is 1. The summed E-state index contributed by atoms with van der Waals surface area (Å²) in [6, 6.07) is 10.6. The number of likely N-dealkylation sites (tertiary alicyclic amines) is 1. The molecule has 0 spiro atoms. The molecule has 0 aromatic heterocycles. The average molecular weight is 231 g/mol. The van der Waals surface area contributed by atoms with E-state index in [2.05, 4.69) is 35.2 Å². The Balaban J connectivity index is 1.61. The van der Waals surface area contributed by atoms with Gasteiger partial charge in [-0.05, 0) is 44.3 Å². The first-order valence-corrected chi connectivity index (χ1v) is 6.62. The molecule has 0 unspecified atom stereocenters. The third kappa shape index (κ3) is 4.31. The number of nitrogens with zero attached hydrogens (tertiary/aromatic N) is 1. The SMILES string of the molecule is O=C1CCCN(CCCCc2ccccc2)C1. The Kier molecular flexibility index (Phi) is 4.75. The largest absolute Gasteiger partial charge is 0.298 e. The van der Waals surface area contributed by atoms with Crippen LogP contribution in [0.15, 0.2) is 30.3 Å². The molecular formula is C15H21NO. The van der Waals surface area contributed by atoms with Crippen molar-refractivity contribution in [2.24, 2.45) is 0 Å². The van der Waals surface area contributed by atoms with Gasteiger partial charge in [-0.3, -0.25) is 9.69 Å². The van der Waals surface area contributed by atoms with Crippen LogP contribution in [0.3, 0.4) is 0 Å². The molecule has 0 amide bonds. The van der Waals surface area contributed by atoms with E-state index in [-0.39, 0.29) is 0 Å². The lowest BCUT2D eigenvalue weighted by molar-refractivity contribution is -0.122. The Labute approximate surface area is 104 Å². The van der Waals surface area contributed by atoms with E-state index in [4.69, 9.17) is 0 Å². The van der Waals surface area contributed by atoms with Crippen molar-refractivity contribution in [2.75, 3.05) is 19.6 Å². The summed E-state index contributed by atoms with van der Waals surface area (Å²) in [6.45, 7) is 2.88. The van der Waals surface area contributed by atoms with Crippen LogP contribution in [-0.4, -0.2) is 30.3 Å². The highest BCUT2D eigenvalue weighted by atomic mass is 16.1. The number of carbonyl (C=O) groups is 1. The third-order valence-corrected chi connectivity index (χ3v) is 3.36. The van der Waals surface area contributed by atoms with Crippen molar-refractivity contribution >= 4 is 5.78 Å². The van der Waals surface area contributed by atoms with Gasteiger partial charge in [0.25, 0.3) is 0 Å². The van der Waals surface area contributed by atoms with Gasteiger partial charge in [0.05, 0.1) is 6.54 Å². The zero-order valence-electron chi connectivity index (χ0n) is 10.4. The number of aryl methyl sites for hydroxylation is 1. The molecule has 2 nitrogen and oxygen atoms in total. The Bertz CT molecular complexity index is 347. The van der Waals surface area contributed by atoms with Crippen LogP contribution in [0.4, 0.5) is 0 Å². The molecule has 0 bridgehead atoms. The van der Waals surface area contributed by atoms with E-state index >= 15 is 0 Å². The lowest BCUT2D eigenvalue weighted by Gasteiger charge is -2.25. The second-order valence-corrected chi connectivity index (χ2v) is 4.86. The average Bonchev–Trinajstić information content (AvgIpc) is 2.36. The maximum absolute atomic E-state index is 11.3. The van der Waals surface area contributed by atoms with Gasteiger partial charge < -0.3 is 0 Å². The summed E-state index contributed by atoms with van der Waals surface area (Å²) in [7, 11) is 0. The summed E-state index contributed by atoms with van der Waals surface area (Å²) in [4.78, 5) is 13.6. The summed E-state index contributed by atoms with van der Waals surface area (Å²) in [5.41, 5.74) is 1.42. The lowest BCUT2D eigenvalue weighted by Crippen LogP contribution is -2.36. The Hall–Kier alpha value is -1.15. The first-order valence-electron chi connectivity index (χ1n) is 6.62. The zero-order chi connectivity index (χ0) is 11.9. The molecule has 92 valence electrons. The Morgan fingerprint density at radius 2 is 1.94 bits per heavy atom. The van der Waals surface area contributed by atoms with Crippen LogP contribution < -0.4 is 0 Å². The number of hydrogen-bond acceptors (Lipinski definition) is 2. The van der Waals surface area contributed by atoms with Crippen molar-refractivity contribution in [1.82, 2.24) is 4.90 Å². The van der Waals surface area contributed by atoms with E-state index in [0.29, 0.717) is 12.3 Å². The standard InChI is InChI=1S/C15H21NO/c17-15-10-6-12-16(13-15)11-5-4-9-14-7-2-1-3-8-14/h1-3,7-8H,4-6,9-13H2. The molecule has 1 fully saturated rings. The fraction of sp³-hybridized carbons (Fsp3) is 0.533. The van der Waals surface area contributed by atoms with Gasteiger partial charge in [-0.1, -0.05) is 30.3 Å². The monoisotopic (exact) mass is 231 g/mol. The van der Waals surface area contributed by atoms with Crippen LogP contribution in [0.1, 0.15) is 31.2 Å². The van der Waals surface area contributed by atoms with E-state index in [0.717, 1.165) is 32.4 Å². The highest BCUT2D eigenvalue weighted by molar-refractivity contribution is 5.81. The molecule has 1 aromatic carbocycles. The molecular weight excluding hydrogens is 210 g/mol. The maximum Gasteiger partial charge on any atom is 0.146 e. The van der Waals surface area contributed by atoms with Gasteiger partial charge >= 0.3 is 0 Å². The molecule has 1 aliphatic heterocycles. The van der Waals surface area contributed by atoms with Gasteiger partial charge in [-0.15, -0.1) is 0 Å². The first-order chi connectivity index (χ1) is 8.34. The molecule has 1 aromatic rings. The molecule has 2 heteroatoms. The molecule has 1 saturated heterocycles. The molecule has 0 atom stereocenters. The molecule has 1 heterocycles. The highest BCUT2D eigenvalue weighted by Gasteiger charge is 2.15. The Morgan fingerprint density at radius 3 is 2.71 bits per heavy atom. The van der Waals surface area contributed by atoms with Crippen molar-refractivity contribution in [3.05, 3.63) is 35.9 Å². The smallest absolute Gasteiger partial charge is 0.146 e. The van der Waals surface area contributed by atoms with Crippen molar-refractivity contribution in [3.63, 3.8) is 0 Å². The molecule has 0 radical (unpaired) electrons. The molecule has 0 N–H and O–H groups in total. The van der Waals surface area contributed by atoms with Gasteiger partial charge in [0.15, 0.2) is 0 Å². The minimum absolute atomic E-state index is 0.416. The summed E-state index contributed by atoms with van der Waals surface area (Å²) in [5, 5.41) is 0. The number of ketones is 1. The second-order valence-electron chi connectivity index (χ2n) is 4.86. The summed E-state index contributed by atoms with van der Waals surface area (Å²) >= 11 is 0. The van der Waals surface area contributed by atoms with Crippen LogP contribution in [-0.2, 0) is 11.2 Å². The van der Waals surface area contributed by atoms with Crippen molar-refractivity contribution in [3.8, 4) is 0 Å². The quantitative estimate of drug-likeness (QED) is 0.726. The van der Waals surface area contributed by atoms with Crippen molar-refractivity contribution in [1.29, 1.82) is 0 Å². The van der Waals surface area contributed by atoms with E-state index in [1.54, 1.807) is 0 Å². The summed E-state index contributed by atoms with van der Waals surface area (Å²) in [6.07, 6.45) is 5.41. The summed E-state index contributed by atoms with van der Waals surface area (Å²) in [5.74, 6) is 0.416. The zero-order valence-corrected chi connectivity index (χ0v) is 10.4. The van der Waals surface area contributed by atoms with Gasteiger partial charge in [0.1, 0.15) is 5.78 Å². The first kappa shape index (κ1) is 12.3. The van der Waals surface area contributed by atoms with Gasteiger partial charge in [-0.2, -0.15) is 0 Å². The van der Waals surface area contributed by atoms with E-state index in [1.165, 1.54) is 18.4 Å². The van der Waals surface area contributed by atoms with Crippen LogP contribution in [0.2, 0.25) is 0 Å². The minimum atomic E-state index is 0.416. The maximum atomic E-state index is 11.3. The summed E-state index contributed by atoms with van der Waals surface area (Å²) < 4.78 is 0. The number of unbranched alkanes of at least 4 members (excludes halogenated alkanes) is 1. The van der Waals surface area contributed by atoms with Crippen LogP contribution in [0.25, 0.3) is 0 Å². The Morgan fingerprint density at radius 1 is 1.12 bits per heavy atom. The minimum Gasteiger partial charge on any atom is -0.298 e. The fourth-order valence-electron chi connectivity index (χ4n) is 2.41. The normalized spacial score (nSPS) is 17.3. The van der Waals surface area contributed by atoms with E-state index in [1.807, 2.05) is 0 Å². The topological polar surface area (TPSA) is 20.3 Å².